The Bertz CT molecular complexity index is 602. The number of carbonyl (C=O) groups excluding carboxylic acids is 1. The van der Waals surface area contributed by atoms with Crippen molar-refractivity contribution in [2.24, 2.45) is 5.41 Å². The van der Waals surface area contributed by atoms with Gasteiger partial charge in [0, 0.05) is 26.0 Å². The zero-order valence-corrected chi connectivity index (χ0v) is 11.7. The molecule has 0 unspecified atom stereocenters. The van der Waals surface area contributed by atoms with Gasteiger partial charge in [0.05, 0.1) is 11.1 Å². The lowest BCUT2D eigenvalue weighted by atomic mass is 9.92. The van der Waals surface area contributed by atoms with E-state index in [2.05, 4.69) is 20.7 Å². The lowest BCUT2D eigenvalue weighted by Gasteiger charge is -2.23. The molecule has 2 aromatic rings. The molecule has 1 amide bonds. The van der Waals surface area contributed by atoms with E-state index in [0.29, 0.717) is 6.54 Å². The number of amides is 1. The SMILES string of the molecule is CNC(=O)C(C)(C)CNc1nccn2nc(C)cc12. The molecule has 2 rings (SSSR count). The minimum absolute atomic E-state index is 0.00311. The number of hydrogen-bond donors (Lipinski definition) is 2. The van der Waals surface area contributed by atoms with Crippen molar-refractivity contribution in [1.29, 1.82) is 0 Å². The third kappa shape index (κ3) is 2.67. The second kappa shape index (κ2) is 4.87. The minimum Gasteiger partial charge on any atom is -0.367 e. The van der Waals surface area contributed by atoms with Crippen molar-refractivity contribution >= 4 is 17.2 Å². The average Bonchev–Trinajstić information content (AvgIpc) is 2.75. The van der Waals surface area contributed by atoms with Crippen molar-refractivity contribution in [2.45, 2.75) is 20.8 Å². The summed E-state index contributed by atoms with van der Waals surface area (Å²) in [5.41, 5.74) is 1.34. The van der Waals surface area contributed by atoms with Gasteiger partial charge in [-0.25, -0.2) is 9.50 Å². The third-order valence-electron chi connectivity index (χ3n) is 3.05. The second-order valence-corrected chi connectivity index (χ2v) is 5.21. The molecule has 0 saturated carbocycles. The topological polar surface area (TPSA) is 71.3 Å². The molecule has 0 aromatic carbocycles. The van der Waals surface area contributed by atoms with Gasteiger partial charge < -0.3 is 10.6 Å². The smallest absolute Gasteiger partial charge is 0.227 e. The van der Waals surface area contributed by atoms with Gasteiger partial charge in [0.15, 0.2) is 5.82 Å². The highest BCUT2D eigenvalue weighted by Crippen LogP contribution is 2.19. The maximum absolute atomic E-state index is 11.7. The Hall–Kier alpha value is -2.11. The van der Waals surface area contributed by atoms with Crippen LogP contribution in [-0.4, -0.2) is 34.1 Å². The van der Waals surface area contributed by atoms with Crippen molar-refractivity contribution < 1.29 is 4.79 Å². The highest BCUT2D eigenvalue weighted by atomic mass is 16.2. The van der Waals surface area contributed by atoms with Gasteiger partial charge in [-0.05, 0) is 26.8 Å². The summed E-state index contributed by atoms with van der Waals surface area (Å²) < 4.78 is 1.78. The van der Waals surface area contributed by atoms with Gasteiger partial charge in [0.25, 0.3) is 0 Å². The van der Waals surface area contributed by atoms with Crippen LogP contribution in [0.1, 0.15) is 19.5 Å². The molecule has 19 heavy (non-hydrogen) atoms. The Morgan fingerprint density at radius 2 is 2.21 bits per heavy atom. The summed E-state index contributed by atoms with van der Waals surface area (Å²) >= 11 is 0. The Morgan fingerprint density at radius 1 is 1.47 bits per heavy atom. The molecule has 2 N–H and O–H groups in total. The molecule has 2 heterocycles. The number of rotatable bonds is 4. The van der Waals surface area contributed by atoms with Crippen LogP contribution in [-0.2, 0) is 4.79 Å². The Labute approximate surface area is 112 Å². The van der Waals surface area contributed by atoms with E-state index in [0.717, 1.165) is 17.0 Å². The molecule has 0 aliphatic rings. The number of aromatic nitrogens is 3. The summed E-state index contributed by atoms with van der Waals surface area (Å²) in [4.78, 5) is 16.0. The van der Waals surface area contributed by atoms with E-state index in [1.54, 1.807) is 24.0 Å². The Kier molecular flexibility index (Phi) is 3.42. The molecule has 0 radical (unpaired) electrons. The molecule has 0 aliphatic heterocycles. The highest BCUT2D eigenvalue weighted by Gasteiger charge is 2.26. The normalized spacial score (nSPS) is 11.6. The second-order valence-electron chi connectivity index (χ2n) is 5.21. The molecule has 6 heteroatoms. The molecule has 0 saturated heterocycles. The Balaban J connectivity index is 2.20. The first-order chi connectivity index (χ1) is 8.94. The highest BCUT2D eigenvalue weighted by molar-refractivity contribution is 5.82. The third-order valence-corrected chi connectivity index (χ3v) is 3.05. The van der Waals surface area contributed by atoms with E-state index in [-0.39, 0.29) is 5.91 Å². The summed E-state index contributed by atoms with van der Waals surface area (Å²) in [6.07, 6.45) is 3.49. The van der Waals surface area contributed by atoms with Gasteiger partial charge in [-0.2, -0.15) is 5.10 Å². The molecule has 0 spiro atoms. The van der Waals surface area contributed by atoms with E-state index in [1.807, 2.05) is 26.8 Å². The quantitative estimate of drug-likeness (QED) is 0.868. The molecule has 0 fully saturated rings. The first kappa shape index (κ1) is 13.3. The molecule has 0 atom stereocenters. The van der Waals surface area contributed by atoms with Crippen molar-refractivity contribution in [2.75, 3.05) is 18.9 Å². The van der Waals surface area contributed by atoms with Crippen LogP contribution in [0.2, 0.25) is 0 Å². The molecule has 0 aliphatic carbocycles. The summed E-state index contributed by atoms with van der Waals surface area (Å²) in [5.74, 6) is 0.733. The minimum atomic E-state index is -0.502. The molecule has 102 valence electrons. The number of nitrogens with zero attached hydrogens (tertiary/aromatic N) is 3. The standard InChI is InChI=1S/C13H19N5O/c1-9-7-10-11(15-5-6-18(10)17-9)16-8-13(2,3)12(19)14-4/h5-7H,8H2,1-4H3,(H,14,19)(H,15,16). The van der Waals surface area contributed by atoms with Crippen molar-refractivity contribution in [3.8, 4) is 0 Å². The number of nitrogens with one attached hydrogen (secondary N) is 2. The first-order valence-corrected chi connectivity index (χ1v) is 6.21. The molecule has 2 aromatic heterocycles. The first-order valence-electron chi connectivity index (χ1n) is 6.21. The fourth-order valence-electron chi connectivity index (χ4n) is 1.90. The lowest BCUT2D eigenvalue weighted by molar-refractivity contribution is -0.128. The fourth-order valence-corrected chi connectivity index (χ4v) is 1.90. The fraction of sp³-hybridized carbons (Fsp3) is 0.462. The van der Waals surface area contributed by atoms with Crippen LogP contribution in [0.5, 0.6) is 0 Å². The maximum Gasteiger partial charge on any atom is 0.227 e. The van der Waals surface area contributed by atoms with Crippen LogP contribution < -0.4 is 10.6 Å². The number of anilines is 1. The Morgan fingerprint density at radius 3 is 2.89 bits per heavy atom. The van der Waals surface area contributed by atoms with Gasteiger partial charge in [0.2, 0.25) is 5.91 Å². The number of fused-ring (bicyclic) bond motifs is 1. The van der Waals surface area contributed by atoms with Crippen LogP contribution >= 0.6 is 0 Å². The summed E-state index contributed by atoms with van der Waals surface area (Å²) in [7, 11) is 1.64. The lowest BCUT2D eigenvalue weighted by Crippen LogP contribution is -2.39. The molecule has 6 nitrogen and oxygen atoms in total. The number of aryl methyl sites for hydroxylation is 1. The van der Waals surface area contributed by atoms with Crippen LogP contribution in [0.25, 0.3) is 5.52 Å². The average molecular weight is 261 g/mol. The largest absolute Gasteiger partial charge is 0.367 e. The van der Waals surface area contributed by atoms with Crippen LogP contribution in [0.4, 0.5) is 5.82 Å². The predicted octanol–water partition coefficient (Wildman–Crippen LogP) is 1.22. The molecule has 0 bridgehead atoms. The zero-order chi connectivity index (χ0) is 14.0. The van der Waals surface area contributed by atoms with Gasteiger partial charge >= 0.3 is 0 Å². The van der Waals surface area contributed by atoms with Crippen molar-refractivity contribution in [3.05, 3.63) is 24.2 Å². The molecular formula is C13H19N5O. The summed E-state index contributed by atoms with van der Waals surface area (Å²) in [6, 6.07) is 1.96. The van der Waals surface area contributed by atoms with Gasteiger partial charge in [-0.3, -0.25) is 4.79 Å². The maximum atomic E-state index is 11.7. The zero-order valence-electron chi connectivity index (χ0n) is 11.7. The van der Waals surface area contributed by atoms with Crippen molar-refractivity contribution in [3.63, 3.8) is 0 Å². The van der Waals surface area contributed by atoms with Crippen molar-refractivity contribution in [1.82, 2.24) is 19.9 Å². The van der Waals surface area contributed by atoms with Crippen LogP contribution in [0.3, 0.4) is 0 Å². The van der Waals surface area contributed by atoms with E-state index in [9.17, 15) is 4.79 Å². The van der Waals surface area contributed by atoms with Gasteiger partial charge in [-0.15, -0.1) is 0 Å². The van der Waals surface area contributed by atoms with E-state index >= 15 is 0 Å². The van der Waals surface area contributed by atoms with Gasteiger partial charge in [0.1, 0.15) is 5.52 Å². The van der Waals surface area contributed by atoms with Crippen LogP contribution in [0.15, 0.2) is 18.5 Å². The van der Waals surface area contributed by atoms with E-state index in [1.165, 1.54) is 0 Å². The summed E-state index contributed by atoms with van der Waals surface area (Å²) in [6.45, 7) is 6.22. The van der Waals surface area contributed by atoms with Crippen LogP contribution in [0, 0.1) is 12.3 Å². The number of hydrogen-bond acceptors (Lipinski definition) is 4. The predicted molar refractivity (Wildman–Crippen MR) is 74.1 cm³/mol. The number of carbonyl (C=O) groups is 1. The summed E-state index contributed by atoms with van der Waals surface area (Å²) in [5, 5.41) is 10.2. The molecular weight excluding hydrogens is 242 g/mol. The van der Waals surface area contributed by atoms with Gasteiger partial charge in [-0.1, -0.05) is 0 Å². The monoisotopic (exact) mass is 261 g/mol. The van der Waals surface area contributed by atoms with E-state index < -0.39 is 5.41 Å². The van der Waals surface area contributed by atoms with E-state index in [4.69, 9.17) is 0 Å².